The Bertz CT molecular complexity index is 400. The quantitative estimate of drug-likeness (QED) is 0.156. The van der Waals surface area contributed by atoms with Gasteiger partial charge in [-0.15, -0.1) is 0 Å². The molecule has 190 valence electrons. The number of esters is 1. The number of carbonyl (C=O) groups is 1. The van der Waals surface area contributed by atoms with E-state index in [0.717, 1.165) is 32.3 Å². The first-order valence-electron chi connectivity index (χ1n) is 12.9. The molecule has 32 heavy (non-hydrogen) atoms. The van der Waals surface area contributed by atoms with E-state index in [1.54, 1.807) is 0 Å². The van der Waals surface area contributed by atoms with Crippen molar-refractivity contribution in [2.24, 2.45) is 0 Å². The van der Waals surface area contributed by atoms with Crippen LogP contribution in [0.1, 0.15) is 90.4 Å². The predicted molar refractivity (Wildman–Crippen MR) is 125 cm³/mol. The van der Waals surface area contributed by atoms with E-state index in [1.807, 2.05) is 0 Å². The highest BCUT2D eigenvalue weighted by Crippen LogP contribution is 2.13. The first-order chi connectivity index (χ1) is 15.8. The van der Waals surface area contributed by atoms with Crippen molar-refractivity contribution in [1.29, 1.82) is 0 Å². The van der Waals surface area contributed by atoms with Gasteiger partial charge in [0.25, 0.3) is 0 Å². The van der Waals surface area contributed by atoms with Crippen LogP contribution < -0.4 is 0 Å². The zero-order valence-corrected chi connectivity index (χ0v) is 20.5. The van der Waals surface area contributed by atoms with E-state index in [1.165, 1.54) is 51.4 Å². The third kappa shape index (κ3) is 19.9. The molecule has 1 atom stereocenters. The van der Waals surface area contributed by atoms with Gasteiger partial charge in [0, 0.05) is 13.0 Å². The molecular weight excluding hydrogens is 412 g/mol. The number of rotatable bonds is 23. The highest BCUT2D eigenvalue weighted by atomic mass is 16.7. The molecule has 0 aromatic rings. The van der Waals surface area contributed by atoms with Crippen molar-refractivity contribution in [2.45, 2.75) is 96.7 Å². The Balaban J connectivity index is 1.70. The van der Waals surface area contributed by atoms with Gasteiger partial charge in [0.2, 0.25) is 0 Å². The van der Waals surface area contributed by atoms with Gasteiger partial charge in [0.15, 0.2) is 6.29 Å². The summed E-state index contributed by atoms with van der Waals surface area (Å²) < 4.78 is 32.6. The first-order valence-corrected chi connectivity index (χ1v) is 12.9. The van der Waals surface area contributed by atoms with Crippen molar-refractivity contribution in [3.8, 4) is 0 Å². The number of hydrogen-bond donors (Lipinski definition) is 0. The standard InChI is InChI=1S/C25H48O7/c1-2-3-4-5-6-7-8-9-10-13-24(26)30-22-20-28-18-16-27-17-19-29-21-23-32-25-14-11-12-15-31-25/h25H,2-23H2,1H3. The van der Waals surface area contributed by atoms with E-state index in [9.17, 15) is 4.79 Å². The van der Waals surface area contributed by atoms with Gasteiger partial charge in [-0.05, 0) is 25.7 Å². The predicted octanol–water partition coefficient (Wildman–Crippen LogP) is 5.04. The number of hydrogen-bond acceptors (Lipinski definition) is 7. The molecule has 0 aromatic heterocycles. The SMILES string of the molecule is CCCCCCCCCCCC(=O)OCCOCCOCCOCCOC1CCCCO1. The molecule has 1 fully saturated rings. The number of unbranched alkanes of at least 4 members (excludes halogenated alkanes) is 8. The fourth-order valence-electron chi connectivity index (χ4n) is 3.49. The second-order valence-electron chi connectivity index (χ2n) is 8.30. The first kappa shape index (κ1) is 29.3. The molecule has 1 unspecified atom stereocenters. The van der Waals surface area contributed by atoms with E-state index in [2.05, 4.69) is 6.92 Å². The Morgan fingerprint density at radius 2 is 1.28 bits per heavy atom. The average Bonchev–Trinajstić information content (AvgIpc) is 2.81. The number of ether oxygens (including phenoxy) is 6. The highest BCUT2D eigenvalue weighted by Gasteiger charge is 2.13. The van der Waals surface area contributed by atoms with E-state index in [-0.39, 0.29) is 12.3 Å². The van der Waals surface area contributed by atoms with Crippen molar-refractivity contribution >= 4 is 5.97 Å². The second kappa shape index (κ2) is 23.4. The maximum Gasteiger partial charge on any atom is 0.305 e. The van der Waals surface area contributed by atoms with Crippen LogP contribution in [0.5, 0.6) is 0 Å². The van der Waals surface area contributed by atoms with Crippen LogP contribution in [0.15, 0.2) is 0 Å². The van der Waals surface area contributed by atoms with Crippen LogP contribution in [0.2, 0.25) is 0 Å². The zero-order chi connectivity index (χ0) is 23.0. The summed E-state index contributed by atoms with van der Waals surface area (Å²) in [7, 11) is 0. The summed E-state index contributed by atoms with van der Waals surface area (Å²) in [6, 6.07) is 0. The third-order valence-electron chi connectivity index (χ3n) is 5.39. The summed E-state index contributed by atoms with van der Waals surface area (Å²) in [5.41, 5.74) is 0. The lowest BCUT2D eigenvalue weighted by Gasteiger charge is -2.22. The van der Waals surface area contributed by atoms with Gasteiger partial charge in [-0.25, -0.2) is 0 Å². The third-order valence-corrected chi connectivity index (χ3v) is 5.39. The lowest BCUT2D eigenvalue weighted by Crippen LogP contribution is -2.24. The molecule has 0 saturated carbocycles. The molecule has 0 amide bonds. The Hall–Kier alpha value is -0.730. The average molecular weight is 461 g/mol. The molecular formula is C25H48O7. The fourth-order valence-corrected chi connectivity index (χ4v) is 3.49. The van der Waals surface area contributed by atoms with Gasteiger partial charge in [-0.2, -0.15) is 0 Å². The molecule has 1 rings (SSSR count). The lowest BCUT2D eigenvalue weighted by atomic mass is 10.1. The minimum Gasteiger partial charge on any atom is -0.463 e. The Morgan fingerprint density at radius 1 is 0.719 bits per heavy atom. The molecule has 0 aromatic carbocycles. The molecule has 1 saturated heterocycles. The maximum atomic E-state index is 11.7. The Labute approximate surface area is 195 Å². The lowest BCUT2D eigenvalue weighted by molar-refractivity contribution is -0.169. The summed E-state index contributed by atoms with van der Waals surface area (Å²) in [6.07, 6.45) is 14.9. The minimum atomic E-state index is -0.121. The van der Waals surface area contributed by atoms with Crippen LogP contribution in [0, 0.1) is 0 Å². The number of carbonyl (C=O) groups excluding carboxylic acids is 1. The van der Waals surface area contributed by atoms with Crippen molar-refractivity contribution < 1.29 is 33.2 Å². The molecule has 1 aliphatic rings. The molecule has 7 nitrogen and oxygen atoms in total. The molecule has 0 radical (unpaired) electrons. The van der Waals surface area contributed by atoms with Crippen molar-refractivity contribution in [1.82, 2.24) is 0 Å². The van der Waals surface area contributed by atoms with Crippen molar-refractivity contribution in [2.75, 3.05) is 59.5 Å². The van der Waals surface area contributed by atoms with Gasteiger partial charge < -0.3 is 28.4 Å². The van der Waals surface area contributed by atoms with Crippen LogP contribution >= 0.6 is 0 Å². The Kier molecular flexibility index (Phi) is 21.5. The molecule has 0 aliphatic carbocycles. The monoisotopic (exact) mass is 460 g/mol. The molecule has 1 heterocycles. The summed E-state index contributed by atoms with van der Waals surface area (Å²) >= 11 is 0. The van der Waals surface area contributed by atoms with E-state index in [4.69, 9.17) is 28.4 Å². The molecule has 0 bridgehead atoms. The van der Waals surface area contributed by atoms with Crippen molar-refractivity contribution in [3.63, 3.8) is 0 Å². The largest absolute Gasteiger partial charge is 0.463 e. The molecule has 1 aliphatic heterocycles. The van der Waals surface area contributed by atoms with Gasteiger partial charge in [0.05, 0.1) is 46.2 Å². The van der Waals surface area contributed by atoms with Crippen LogP contribution in [-0.4, -0.2) is 71.7 Å². The zero-order valence-electron chi connectivity index (χ0n) is 20.5. The van der Waals surface area contributed by atoms with Crippen LogP contribution in [0.3, 0.4) is 0 Å². The van der Waals surface area contributed by atoms with E-state index in [0.29, 0.717) is 59.3 Å². The van der Waals surface area contributed by atoms with Crippen LogP contribution in [-0.2, 0) is 33.2 Å². The summed E-state index contributed by atoms with van der Waals surface area (Å²) in [5, 5.41) is 0. The second-order valence-corrected chi connectivity index (χ2v) is 8.30. The topological polar surface area (TPSA) is 72.5 Å². The van der Waals surface area contributed by atoms with Gasteiger partial charge >= 0.3 is 5.97 Å². The molecule has 0 spiro atoms. The van der Waals surface area contributed by atoms with E-state index < -0.39 is 0 Å². The van der Waals surface area contributed by atoms with Crippen molar-refractivity contribution in [3.05, 3.63) is 0 Å². The normalized spacial score (nSPS) is 16.3. The smallest absolute Gasteiger partial charge is 0.305 e. The van der Waals surface area contributed by atoms with Crippen LogP contribution in [0.4, 0.5) is 0 Å². The highest BCUT2D eigenvalue weighted by molar-refractivity contribution is 5.69. The molecule has 7 heteroatoms. The van der Waals surface area contributed by atoms with E-state index >= 15 is 0 Å². The molecule has 0 N–H and O–H groups in total. The van der Waals surface area contributed by atoms with Gasteiger partial charge in [0.1, 0.15) is 6.61 Å². The Morgan fingerprint density at radius 3 is 1.88 bits per heavy atom. The minimum absolute atomic E-state index is 0.0603. The van der Waals surface area contributed by atoms with Gasteiger partial charge in [-0.1, -0.05) is 58.3 Å². The maximum absolute atomic E-state index is 11.7. The fraction of sp³-hybridized carbons (Fsp3) is 0.960. The summed E-state index contributed by atoms with van der Waals surface area (Å²) in [4.78, 5) is 11.7. The summed E-state index contributed by atoms with van der Waals surface area (Å²) in [5.74, 6) is -0.121. The summed E-state index contributed by atoms with van der Waals surface area (Å²) in [6.45, 7) is 6.89. The van der Waals surface area contributed by atoms with Gasteiger partial charge in [-0.3, -0.25) is 4.79 Å². The van der Waals surface area contributed by atoms with Crippen LogP contribution in [0.25, 0.3) is 0 Å².